The third-order valence-electron chi connectivity index (χ3n) is 3.57. The average Bonchev–Trinajstić information content (AvgIpc) is 2.97. The highest BCUT2D eigenvalue weighted by Gasteiger charge is 2.18. The van der Waals surface area contributed by atoms with Crippen LogP contribution in [-0.4, -0.2) is 8.42 Å². The van der Waals surface area contributed by atoms with Gasteiger partial charge >= 0.3 is 0 Å². The number of sulfonamides is 1. The third-order valence-corrected chi connectivity index (χ3v) is 4.95. The molecule has 2 aromatic carbocycles. The van der Waals surface area contributed by atoms with Crippen molar-refractivity contribution in [2.45, 2.75) is 11.3 Å². The van der Waals surface area contributed by atoms with Gasteiger partial charge in [-0.1, -0.05) is 18.2 Å². The summed E-state index contributed by atoms with van der Waals surface area (Å²) < 4.78 is 27.3. The normalized spacial score (nSPS) is 12.7. The van der Waals surface area contributed by atoms with Crippen LogP contribution in [0.5, 0.6) is 0 Å². The average molecular weight is 321 g/mol. The molecule has 6 heteroatoms. The number of benzene rings is 2. The van der Waals surface area contributed by atoms with Crippen molar-refractivity contribution in [3.8, 4) is 12.1 Å². The summed E-state index contributed by atoms with van der Waals surface area (Å²) in [6.45, 7) is 0. The molecule has 0 bridgehead atoms. The first-order valence-electron chi connectivity index (χ1n) is 6.80. The highest BCUT2D eigenvalue weighted by molar-refractivity contribution is 7.92. The Morgan fingerprint density at radius 2 is 1.87 bits per heavy atom. The number of hydrogen-bond donors (Lipinski definition) is 1. The first-order valence-corrected chi connectivity index (χ1v) is 8.28. The number of nitriles is 2. The SMILES string of the molecule is N#CC1=CCc2ccc(NS(=O)(=O)c3cccc(C#N)c3)cc21. The van der Waals surface area contributed by atoms with Gasteiger partial charge in [0.25, 0.3) is 10.0 Å². The van der Waals surface area contributed by atoms with Crippen molar-refractivity contribution in [2.75, 3.05) is 4.72 Å². The first kappa shape index (κ1) is 14.8. The molecule has 23 heavy (non-hydrogen) atoms. The van der Waals surface area contributed by atoms with E-state index >= 15 is 0 Å². The van der Waals surface area contributed by atoms with E-state index in [-0.39, 0.29) is 10.5 Å². The Morgan fingerprint density at radius 1 is 1.04 bits per heavy atom. The quantitative estimate of drug-likeness (QED) is 0.940. The molecule has 1 aliphatic carbocycles. The molecule has 0 aromatic heterocycles. The van der Waals surface area contributed by atoms with Gasteiger partial charge in [0.2, 0.25) is 0 Å². The van der Waals surface area contributed by atoms with Gasteiger partial charge < -0.3 is 0 Å². The summed E-state index contributed by atoms with van der Waals surface area (Å²) in [5.74, 6) is 0. The van der Waals surface area contributed by atoms with E-state index in [4.69, 9.17) is 10.5 Å². The van der Waals surface area contributed by atoms with Crippen LogP contribution in [0, 0.1) is 22.7 Å². The number of fused-ring (bicyclic) bond motifs is 1. The standard InChI is InChI=1S/C17H11N3O2S/c18-10-12-2-1-3-16(8-12)23(21,22)20-15-7-6-13-4-5-14(11-19)17(13)9-15/h1-3,5-9,20H,4H2. The predicted octanol–water partition coefficient (Wildman–Crippen LogP) is 2.82. The maximum Gasteiger partial charge on any atom is 0.261 e. The van der Waals surface area contributed by atoms with E-state index in [9.17, 15) is 8.42 Å². The number of nitrogens with zero attached hydrogens (tertiary/aromatic N) is 2. The van der Waals surface area contributed by atoms with Gasteiger partial charge in [0.15, 0.2) is 0 Å². The van der Waals surface area contributed by atoms with Gasteiger partial charge in [-0.3, -0.25) is 4.72 Å². The van der Waals surface area contributed by atoms with Crippen molar-refractivity contribution >= 4 is 21.3 Å². The third kappa shape index (κ3) is 2.80. The van der Waals surface area contributed by atoms with Crippen molar-refractivity contribution < 1.29 is 8.42 Å². The molecule has 3 rings (SSSR count). The molecule has 0 radical (unpaired) electrons. The second kappa shape index (κ2) is 5.60. The lowest BCUT2D eigenvalue weighted by atomic mass is 10.1. The fourth-order valence-electron chi connectivity index (χ4n) is 2.44. The van der Waals surface area contributed by atoms with Gasteiger partial charge in [0.1, 0.15) is 0 Å². The van der Waals surface area contributed by atoms with Gasteiger partial charge in [-0.05, 0) is 47.9 Å². The molecule has 112 valence electrons. The molecule has 0 aliphatic heterocycles. The van der Waals surface area contributed by atoms with E-state index < -0.39 is 10.0 Å². The molecule has 2 aromatic rings. The Kier molecular flexibility index (Phi) is 3.61. The van der Waals surface area contributed by atoms with Crippen LogP contribution >= 0.6 is 0 Å². The van der Waals surface area contributed by atoms with Crippen LogP contribution in [0.2, 0.25) is 0 Å². The molecule has 5 nitrogen and oxygen atoms in total. The summed E-state index contributed by atoms with van der Waals surface area (Å²) in [5, 5.41) is 18.0. The Balaban J connectivity index is 1.95. The molecular weight excluding hydrogens is 310 g/mol. The Bertz CT molecular complexity index is 1010. The lowest BCUT2D eigenvalue weighted by Crippen LogP contribution is -2.13. The van der Waals surface area contributed by atoms with Crippen LogP contribution in [-0.2, 0) is 16.4 Å². The molecule has 0 saturated carbocycles. The van der Waals surface area contributed by atoms with Crippen molar-refractivity contribution in [3.05, 3.63) is 65.2 Å². The zero-order chi connectivity index (χ0) is 16.4. The van der Waals surface area contributed by atoms with E-state index in [0.717, 1.165) is 11.1 Å². The molecule has 0 heterocycles. The Labute approximate surface area is 134 Å². The monoisotopic (exact) mass is 321 g/mol. The minimum Gasteiger partial charge on any atom is -0.280 e. The molecule has 1 N–H and O–H groups in total. The summed E-state index contributed by atoms with van der Waals surface area (Å²) >= 11 is 0. The number of hydrogen-bond acceptors (Lipinski definition) is 4. The van der Waals surface area contributed by atoms with Gasteiger partial charge in [-0.15, -0.1) is 0 Å². The van der Waals surface area contributed by atoms with Crippen molar-refractivity contribution in [1.82, 2.24) is 0 Å². The van der Waals surface area contributed by atoms with Crippen molar-refractivity contribution in [3.63, 3.8) is 0 Å². The largest absolute Gasteiger partial charge is 0.280 e. The number of rotatable bonds is 3. The minimum atomic E-state index is -3.79. The number of nitrogens with one attached hydrogen (secondary N) is 1. The maximum atomic E-state index is 12.4. The smallest absolute Gasteiger partial charge is 0.261 e. The molecule has 1 aliphatic rings. The van der Waals surface area contributed by atoms with Crippen LogP contribution in [0.15, 0.2) is 53.4 Å². The highest BCUT2D eigenvalue weighted by Crippen LogP contribution is 2.30. The fraction of sp³-hybridized carbons (Fsp3) is 0.0588. The summed E-state index contributed by atoms with van der Waals surface area (Å²) in [7, 11) is -3.79. The molecule has 0 unspecified atom stereocenters. The maximum absolute atomic E-state index is 12.4. The predicted molar refractivity (Wildman–Crippen MR) is 85.7 cm³/mol. The minimum absolute atomic E-state index is 0.0214. The van der Waals surface area contributed by atoms with E-state index in [1.54, 1.807) is 24.3 Å². The summed E-state index contributed by atoms with van der Waals surface area (Å²) in [6, 6.07) is 14.9. The van der Waals surface area contributed by atoms with Gasteiger partial charge in [-0.25, -0.2) is 8.42 Å². The molecule has 0 spiro atoms. The lowest BCUT2D eigenvalue weighted by molar-refractivity contribution is 0.601. The second-order valence-electron chi connectivity index (χ2n) is 5.05. The van der Waals surface area contributed by atoms with E-state index in [2.05, 4.69) is 10.8 Å². The molecule has 0 fully saturated rings. The van der Waals surface area contributed by atoms with Crippen molar-refractivity contribution in [1.29, 1.82) is 10.5 Å². The van der Waals surface area contributed by atoms with Gasteiger partial charge in [0.05, 0.1) is 28.2 Å². The number of anilines is 1. The summed E-state index contributed by atoms with van der Waals surface area (Å²) in [4.78, 5) is 0.0214. The van der Waals surface area contributed by atoms with Gasteiger partial charge in [-0.2, -0.15) is 10.5 Å². The molecule has 0 amide bonds. The Morgan fingerprint density at radius 3 is 2.61 bits per heavy atom. The first-order chi connectivity index (χ1) is 11.0. The zero-order valence-corrected chi connectivity index (χ0v) is 12.8. The number of allylic oxidation sites excluding steroid dienone is 2. The zero-order valence-electron chi connectivity index (χ0n) is 11.9. The summed E-state index contributed by atoms with van der Waals surface area (Å²) in [5.41, 5.74) is 2.95. The molecular formula is C17H11N3O2S. The van der Waals surface area contributed by atoms with Gasteiger partial charge in [0, 0.05) is 5.69 Å². The van der Waals surface area contributed by atoms with Crippen molar-refractivity contribution in [2.24, 2.45) is 0 Å². The molecule has 0 atom stereocenters. The van der Waals surface area contributed by atoms with Crippen LogP contribution in [0.1, 0.15) is 16.7 Å². The fourth-order valence-corrected chi connectivity index (χ4v) is 3.54. The second-order valence-corrected chi connectivity index (χ2v) is 6.73. The van der Waals surface area contributed by atoms with Crippen LogP contribution < -0.4 is 4.72 Å². The van der Waals surface area contributed by atoms with Crippen LogP contribution in [0.4, 0.5) is 5.69 Å². The summed E-state index contributed by atoms with van der Waals surface area (Å²) in [6.07, 6.45) is 2.49. The lowest BCUT2D eigenvalue weighted by Gasteiger charge is -2.10. The van der Waals surface area contributed by atoms with E-state index in [1.165, 1.54) is 18.2 Å². The van der Waals surface area contributed by atoms with Crippen LogP contribution in [0.3, 0.4) is 0 Å². The topological polar surface area (TPSA) is 93.8 Å². The van der Waals surface area contributed by atoms with E-state index in [1.807, 2.05) is 12.1 Å². The molecule has 0 saturated heterocycles. The van der Waals surface area contributed by atoms with Crippen LogP contribution in [0.25, 0.3) is 5.57 Å². The van der Waals surface area contributed by atoms with E-state index in [0.29, 0.717) is 17.7 Å². The highest BCUT2D eigenvalue weighted by atomic mass is 32.2. The Hall–Kier alpha value is -3.09.